The summed E-state index contributed by atoms with van der Waals surface area (Å²) in [7, 11) is 1.40. The van der Waals surface area contributed by atoms with Gasteiger partial charge in [-0.05, 0) is 43.9 Å². The van der Waals surface area contributed by atoms with Gasteiger partial charge in [-0.2, -0.15) is 13.9 Å². The van der Waals surface area contributed by atoms with Gasteiger partial charge in [0.2, 0.25) is 0 Å². The number of hydrogen-bond donors (Lipinski definition) is 0. The lowest BCUT2D eigenvalue weighted by Gasteiger charge is -2.40. The Morgan fingerprint density at radius 3 is 2.53 bits per heavy atom. The maximum Gasteiger partial charge on any atom is 0.387 e. The number of benzene rings is 1. The average Bonchev–Trinajstić information content (AvgIpc) is 2.75. The van der Waals surface area contributed by atoms with E-state index >= 15 is 0 Å². The first-order valence-electron chi connectivity index (χ1n) is 10.4. The molecule has 166 valence electrons. The number of thioether (sulfide) groups is 1. The molecule has 1 amide bonds. The molecule has 2 aliphatic rings. The van der Waals surface area contributed by atoms with Crippen LogP contribution in [0.3, 0.4) is 0 Å². The van der Waals surface area contributed by atoms with E-state index in [1.807, 2.05) is 6.92 Å². The summed E-state index contributed by atoms with van der Waals surface area (Å²) < 4.78 is 35.5. The molecule has 2 atom stereocenters. The highest BCUT2D eigenvalue weighted by molar-refractivity contribution is 8.14. The molecule has 6 nitrogen and oxygen atoms in total. The van der Waals surface area contributed by atoms with Crippen LogP contribution in [-0.2, 0) is 0 Å². The Bertz CT molecular complexity index is 772. The van der Waals surface area contributed by atoms with Crippen molar-refractivity contribution in [3.05, 3.63) is 23.8 Å². The first-order chi connectivity index (χ1) is 14.5. The number of carbonyl (C=O) groups is 1. The highest BCUT2D eigenvalue weighted by atomic mass is 32.2. The van der Waals surface area contributed by atoms with E-state index < -0.39 is 6.61 Å². The molecule has 9 heteroatoms. The third kappa shape index (κ3) is 5.06. The Morgan fingerprint density at radius 1 is 1.20 bits per heavy atom. The number of halogens is 2. The smallest absolute Gasteiger partial charge is 0.387 e. The largest absolute Gasteiger partial charge is 0.493 e. The number of alkyl halides is 2. The van der Waals surface area contributed by atoms with E-state index in [4.69, 9.17) is 9.84 Å². The zero-order chi connectivity index (χ0) is 21.7. The lowest BCUT2D eigenvalue weighted by Crippen LogP contribution is -2.51. The van der Waals surface area contributed by atoms with E-state index in [9.17, 15) is 13.6 Å². The highest BCUT2D eigenvalue weighted by Crippen LogP contribution is 2.35. The topological polar surface area (TPSA) is 54.4 Å². The van der Waals surface area contributed by atoms with E-state index in [1.54, 1.807) is 17.1 Å². The first-order valence-corrected chi connectivity index (χ1v) is 11.3. The lowest BCUT2D eigenvalue weighted by molar-refractivity contribution is -0.0512. The van der Waals surface area contributed by atoms with E-state index in [1.165, 1.54) is 31.4 Å². The van der Waals surface area contributed by atoms with Crippen LogP contribution in [0.15, 0.2) is 23.3 Å². The average molecular weight is 442 g/mol. The van der Waals surface area contributed by atoms with Crippen LogP contribution in [0.5, 0.6) is 11.5 Å². The van der Waals surface area contributed by atoms with Crippen molar-refractivity contribution in [2.45, 2.75) is 64.0 Å². The number of methoxy groups -OCH3 is 1. The summed E-state index contributed by atoms with van der Waals surface area (Å²) >= 11 is 1.24. The van der Waals surface area contributed by atoms with Crippen LogP contribution in [-0.4, -0.2) is 59.1 Å². The summed E-state index contributed by atoms with van der Waals surface area (Å²) in [5, 5.41) is 6.12. The Hall–Kier alpha value is -1.87. The number of ether oxygens (including phenoxy) is 2. The summed E-state index contributed by atoms with van der Waals surface area (Å²) in [5.41, 5.74) is 1.34. The maximum absolute atomic E-state index is 12.9. The van der Waals surface area contributed by atoms with Crippen molar-refractivity contribution in [3.63, 3.8) is 0 Å². The van der Waals surface area contributed by atoms with Crippen LogP contribution in [0, 0.1) is 0 Å². The van der Waals surface area contributed by atoms with Crippen LogP contribution in [0.1, 0.15) is 51.5 Å². The quantitative estimate of drug-likeness (QED) is 0.557. The third-order valence-electron chi connectivity index (χ3n) is 5.46. The van der Waals surface area contributed by atoms with Crippen molar-refractivity contribution >= 4 is 22.7 Å². The van der Waals surface area contributed by atoms with Crippen molar-refractivity contribution in [1.82, 2.24) is 9.91 Å². The number of piperidine rings is 1. The molecule has 0 bridgehead atoms. The predicted molar refractivity (Wildman–Crippen MR) is 115 cm³/mol. The van der Waals surface area contributed by atoms with Crippen LogP contribution < -0.4 is 9.47 Å². The van der Waals surface area contributed by atoms with Crippen LogP contribution in [0.2, 0.25) is 0 Å². The van der Waals surface area contributed by atoms with Gasteiger partial charge < -0.3 is 9.47 Å². The van der Waals surface area contributed by atoms with Gasteiger partial charge in [0.25, 0.3) is 0 Å². The van der Waals surface area contributed by atoms with Gasteiger partial charge in [-0.1, -0.05) is 32.0 Å². The molecule has 0 aromatic heterocycles. The molecule has 0 saturated carbocycles. The molecule has 3 rings (SSSR count). The predicted octanol–water partition coefficient (Wildman–Crippen LogP) is 5.17. The number of hydrazone groups is 1. The Morgan fingerprint density at radius 2 is 1.93 bits per heavy atom. The molecule has 1 saturated heterocycles. The minimum absolute atomic E-state index is 0.0425. The van der Waals surface area contributed by atoms with E-state index in [0.29, 0.717) is 17.7 Å². The number of rotatable bonds is 8. The highest BCUT2D eigenvalue weighted by Gasteiger charge is 2.36. The minimum Gasteiger partial charge on any atom is -0.493 e. The molecule has 0 spiro atoms. The van der Waals surface area contributed by atoms with E-state index in [2.05, 4.69) is 16.6 Å². The molecule has 1 aromatic rings. The van der Waals surface area contributed by atoms with Crippen molar-refractivity contribution in [2.24, 2.45) is 5.10 Å². The van der Waals surface area contributed by atoms with E-state index in [-0.39, 0.29) is 28.2 Å². The van der Waals surface area contributed by atoms with Gasteiger partial charge in [0.05, 0.1) is 18.1 Å². The SMILES string of the molecule is CCC1SC(=O)N(C(CC)N2CCCCC2)N=C1c1ccc(OC)c(OC(F)F)c1. The first kappa shape index (κ1) is 22.8. The van der Waals surface area contributed by atoms with Gasteiger partial charge in [-0.3, -0.25) is 9.69 Å². The second kappa shape index (κ2) is 10.4. The maximum atomic E-state index is 12.9. The van der Waals surface area contributed by atoms with Crippen molar-refractivity contribution in [3.8, 4) is 11.5 Å². The summed E-state index contributed by atoms with van der Waals surface area (Å²) in [6.45, 7) is 2.98. The number of nitrogens with zero attached hydrogens (tertiary/aromatic N) is 3. The fourth-order valence-electron chi connectivity index (χ4n) is 3.99. The van der Waals surface area contributed by atoms with Gasteiger partial charge in [0, 0.05) is 18.7 Å². The number of carbonyl (C=O) groups excluding carboxylic acids is 1. The molecule has 1 fully saturated rings. The Kier molecular flexibility index (Phi) is 7.93. The Balaban J connectivity index is 1.97. The van der Waals surface area contributed by atoms with Gasteiger partial charge in [0.1, 0.15) is 6.17 Å². The van der Waals surface area contributed by atoms with Crippen LogP contribution in [0.4, 0.5) is 13.6 Å². The molecule has 30 heavy (non-hydrogen) atoms. The second-order valence-corrected chi connectivity index (χ2v) is 8.49. The third-order valence-corrected chi connectivity index (χ3v) is 6.69. The van der Waals surface area contributed by atoms with Crippen molar-refractivity contribution in [1.29, 1.82) is 0 Å². The standard InChI is InChI=1S/C21H29F2N3O3S/c1-4-17-19(14-9-10-15(28-3)16(13-14)29-20(22)23)24-26(21(27)30-17)18(5-2)25-11-7-6-8-12-25/h9-10,13,17-18,20H,4-8,11-12H2,1-3H3. The normalized spacial score (nSPS) is 21.5. The van der Waals surface area contributed by atoms with Crippen molar-refractivity contribution in [2.75, 3.05) is 20.2 Å². The summed E-state index contributed by atoms with van der Waals surface area (Å²) in [5.74, 6) is 0.183. The molecule has 0 aliphatic carbocycles. The zero-order valence-corrected chi connectivity index (χ0v) is 18.5. The van der Waals surface area contributed by atoms with Crippen LogP contribution >= 0.6 is 11.8 Å². The van der Waals surface area contributed by atoms with Gasteiger partial charge in [-0.25, -0.2) is 5.01 Å². The Labute approximate surface area is 180 Å². The molecule has 0 radical (unpaired) electrons. The second-order valence-electron chi connectivity index (χ2n) is 7.34. The molecular weight excluding hydrogens is 412 g/mol. The molecule has 2 unspecified atom stereocenters. The molecular formula is C21H29F2N3O3S. The molecule has 2 aliphatic heterocycles. The fourth-order valence-corrected chi connectivity index (χ4v) is 4.96. The van der Waals surface area contributed by atoms with E-state index in [0.717, 1.165) is 32.4 Å². The number of amides is 1. The molecule has 1 aromatic carbocycles. The number of likely N-dealkylation sites (tertiary alicyclic amines) is 1. The zero-order valence-electron chi connectivity index (χ0n) is 17.6. The van der Waals surface area contributed by atoms with Gasteiger partial charge >= 0.3 is 11.9 Å². The molecule has 0 N–H and O–H groups in total. The summed E-state index contributed by atoms with van der Waals surface area (Å²) in [6.07, 6.45) is 4.80. The monoisotopic (exact) mass is 441 g/mol. The summed E-state index contributed by atoms with van der Waals surface area (Å²) in [4.78, 5) is 15.2. The van der Waals surface area contributed by atoms with Crippen LogP contribution in [0.25, 0.3) is 0 Å². The van der Waals surface area contributed by atoms with Crippen molar-refractivity contribution < 1.29 is 23.0 Å². The lowest BCUT2D eigenvalue weighted by atomic mass is 10.0. The summed E-state index contributed by atoms with van der Waals surface area (Å²) in [6, 6.07) is 4.88. The van der Waals surface area contributed by atoms with Gasteiger partial charge in [0.15, 0.2) is 11.5 Å². The fraction of sp³-hybridized carbons (Fsp3) is 0.619. The minimum atomic E-state index is -2.96. The molecule has 2 heterocycles. The number of hydrogen-bond acceptors (Lipinski definition) is 6. The van der Waals surface area contributed by atoms with Gasteiger partial charge in [-0.15, -0.1) is 0 Å².